The van der Waals surface area contributed by atoms with Crippen molar-refractivity contribution in [2.75, 3.05) is 7.05 Å². The van der Waals surface area contributed by atoms with Crippen molar-refractivity contribution in [2.24, 2.45) is 0 Å². The van der Waals surface area contributed by atoms with E-state index in [-0.39, 0.29) is 11.9 Å². The first kappa shape index (κ1) is 12.3. The zero-order valence-corrected chi connectivity index (χ0v) is 12.2. The molecule has 1 aliphatic rings. The van der Waals surface area contributed by atoms with Crippen molar-refractivity contribution < 1.29 is 4.79 Å². The number of nitrogens with one attached hydrogen (secondary N) is 1. The molecule has 1 atom stereocenters. The topological polar surface area (TPSA) is 49.0 Å². The molecule has 0 aliphatic carbocycles. The largest absolute Gasteiger partial charge is 0.328 e. The number of benzene rings is 1. The number of hydrogen-bond acceptors (Lipinski definition) is 3. The number of H-pyrrole nitrogens is 1. The fraction of sp³-hybridized carbons (Fsp3) is 0.125. The van der Waals surface area contributed by atoms with Crippen LogP contribution in [0.2, 0.25) is 0 Å². The van der Waals surface area contributed by atoms with E-state index in [2.05, 4.69) is 16.3 Å². The van der Waals surface area contributed by atoms with E-state index in [0.29, 0.717) is 5.69 Å². The lowest BCUT2D eigenvalue weighted by Crippen LogP contribution is -2.24. The Hall–Kier alpha value is -2.40. The molecular weight excluding hydrogens is 282 g/mol. The number of rotatable bonds is 2. The molecule has 2 aromatic heterocycles. The highest BCUT2D eigenvalue weighted by Gasteiger charge is 2.40. The summed E-state index contributed by atoms with van der Waals surface area (Å²) in [6.45, 7) is 0. The Morgan fingerprint density at radius 1 is 1.19 bits per heavy atom. The Balaban J connectivity index is 1.93. The normalized spacial score (nSPS) is 17.3. The molecule has 0 fully saturated rings. The first-order valence-corrected chi connectivity index (χ1v) is 7.59. The van der Waals surface area contributed by atoms with Gasteiger partial charge in [0.15, 0.2) is 0 Å². The van der Waals surface area contributed by atoms with Crippen molar-refractivity contribution >= 4 is 17.2 Å². The fourth-order valence-electron chi connectivity index (χ4n) is 2.86. The lowest BCUT2D eigenvalue weighted by molar-refractivity contribution is 0.0789. The summed E-state index contributed by atoms with van der Waals surface area (Å²) < 4.78 is 0. The van der Waals surface area contributed by atoms with E-state index in [1.54, 1.807) is 16.2 Å². The van der Waals surface area contributed by atoms with Gasteiger partial charge in [0.1, 0.15) is 5.69 Å². The molecule has 4 nitrogen and oxygen atoms in total. The van der Waals surface area contributed by atoms with E-state index in [0.717, 1.165) is 21.7 Å². The number of aromatic amines is 1. The third-order valence-corrected chi connectivity index (χ3v) is 4.78. The Morgan fingerprint density at radius 3 is 2.71 bits per heavy atom. The summed E-state index contributed by atoms with van der Waals surface area (Å²) in [5.74, 6) is -0.00178. The highest BCUT2D eigenvalue weighted by molar-refractivity contribution is 7.10. The fourth-order valence-corrected chi connectivity index (χ4v) is 3.74. The minimum absolute atomic E-state index is 0.00178. The highest BCUT2D eigenvalue weighted by Crippen LogP contribution is 2.42. The van der Waals surface area contributed by atoms with Crippen molar-refractivity contribution in [3.63, 3.8) is 0 Å². The zero-order chi connectivity index (χ0) is 14.4. The highest BCUT2D eigenvalue weighted by atomic mass is 32.1. The van der Waals surface area contributed by atoms with Gasteiger partial charge in [-0.25, -0.2) is 0 Å². The molecule has 0 bridgehead atoms. The van der Waals surface area contributed by atoms with Gasteiger partial charge in [-0.3, -0.25) is 9.89 Å². The lowest BCUT2D eigenvalue weighted by Gasteiger charge is -2.20. The molecule has 1 aromatic carbocycles. The average Bonchev–Trinajstić information content (AvgIpc) is 3.21. The number of carbonyl (C=O) groups excluding carboxylic acids is 1. The first-order valence-electron chi connectivity index (χ1n) is 6.71. The summed E-state index contributed by atoms with van der Waals surface area (Å²) in [5, 5.41) is 9.34. The van der Waals surface area contributed by atoms with Gasteiger partial charge < -0.3 is 4.90 Å². The minimum Gasteiger partial charge on any atom is -0.328 e. The van der Waals surface area contributed by atoms with Gasteiger partial charge in [0.25, 0.3) is 5.91 Å². The molecule has 3 heterocycles. The molecule has 1 unspecified atom stereocenters. The average molecular weight is 295 g/mol. The van der Waals surface area contributed by atoms with Gasteiger partial charge in [-0.05, 0) is 11.4 Å². The molecule has 3 aromatic rings. The van der Waals surface area contributed by atoms with Gasteiger partial charge in [-0.2, -0.15) is 5.10 Å². The summed E-state index contributed by atoms with van der Waals surface area (Å²) in [6.07, 6.45) is 0. The van der Waals surface area contributed by atoms with Crippen LogP contribution in [0.3, 0.4) is 0 Å². The van der Waals surface area contributed by atoms with Gasteiger partial charge in [0, 0.05) is 23.1 Å². The van der Waals surface area contributed by atoms with Gasteiger partial charge >= 0.3 is 0 Å². The van der Waals surface area contributed by atoms with Gasteiger partial charge in [-0.1, -0.05) is 36.4 Å². The molecule has 104 valence electrons. The maximum atomic E-state index is 12.4. The quantitative estimate of drug-likeness (QED) is 0.788. The number of aromatic nitrogens is 2. The molecular formula is C16H13N3OS. The maximum Gasteiger partial charge on any atom is 0.272 e. The number of hydrogen-bond donors (Lipinski definition) is 1. The summed E-state index contributed by atoms with van der Waals surface area (Å²) in [6, 6.07) is 14.0. The third-order valence-electron chi connectivity index (χ3n) is 3.86. The van der Waals surface area contributed by atoms with Crippen LogP contribution in [0.4, 0.5) is 0 Å². The molecule has 5 heteroatoms. The van der Waals surface area contributed by atoms with E-state index in [1.807, 2.05) is 48.8 Å². The van der Waals surface area contributed by atoms with Crippen LogP contribution in [0.1, 0.15) is 27.0 Å². The first-order chi connectivity index (χ1) is 10.3. The van der Waals surface area contributed by atoms with Crippen LogP contribution in [0.5, 0.6) is 0 Å². The monoisotopic (exact) mass is 295 g/mol. The van der Waals surface area contributed by atoms with Gasteiger partial charge in [0.2, 0.25) is 0 Å². The molecule has 0 spiro atoms. The Kier molecular flexibility index (Phi) is 2.68. The zero-order valence-electron chi connectivity index (χ0n) is 11.4. The number of fused-ring (bicyclic) bond motifs is 1. The molecule has 21 heavy (non-hydrogen) atoms. The van der Waals surface area contributed by atoms with Crippen LogP contribution in [-0.2, 0) is 0 Å². The van der Waals surface area contributed by atoms with Crippen LogP contribution in [0.25, 0.3) is 11.3 Å². The van der Waals surface area contributed by atoms with Crippen LogP contribution >= 0.6 is 11.3 Å². The molecule has 0 radical (unpaired) electrons. The van der Waals surface area contributed by atoms with Crippen molar-refractivity contribution in [2.45, 2.75) is 6.04 Å². The molecule has 4 rings (SSSR count). The Morgan fingerprint density at radius 2 is 2.00 bits per heavy atom. The Bertz CT molecular complexity index is 792. The van der Waals surface area contributed by atoms with Gasteiger partial charge in [-0.15, -0.1) is 11.3 Å². The molecule has 0 saturated carbocycles. The van der Waals surface area contributed by atoms with Gasteiger partial charge in [0.05, 0.1) is 11.7 Å². The van der Waals surface area contributed by atoms with Crippen LogP contribution in [0.15, 0.2) is 47.8 Å². The van der Waals surface area contributed by atoms with E-state index in [1.165, 1.54) is 0 Å². The van der Waals surface area contributed by atoms with E-state index >= 15 is 0 Å². The summed E-state index contributed by atoms with van der Waals surface area (Å²) in [5.41, 5.74) is 3.48. The molecule has 0 saturated heterocycles. The van der Waals surface area contributed by atoms with Crippen molar-refractivity contribution in [3.8, 4) is 11.3 Å². The molecule has 1 N–H and O–H groups in total. The second kappa shape index (κ2) is 4.56. The Labute approximate surface area is 126 Å². The SMILES string of the molecule is CN1C(=O)c2[nH]nc(-c3ccccc3)c2C1c1cccs1. The van der Waals surface area contributed by atoms with E-state index in [9.17, 15) is 4.79 Å². The standard InChI is InChI=1S/C16H13N3OS/c1-19-15(11-8-5-9-21-11)12-13(10-6-3-2-4-7-10)17-18-14(12)16(19)20/h2-9,15H,1H3,(H,17,18). The summed E-state index contributed by atoms with van der Waals surface area (Å²) >= 11 is 1.66. The second-order valence-corrected chi connectivity index (χ2v) is 6.04. The van der Waals surface area contributed by atoms with Crippen molar-refractivity contribution in [1.29, 1.82) is 0 Å². The minimum atomic E-state index is -0.0542. The molecule has 1 aliphatic heterocycles. The molecule has 1 amide bonds. The van der Waals surface area contributed by atoms with Crippen molar-refractivity contribution in [1.82, 2.24) is 15.1 Å². The number of thiophene rings is 1. The maximum absolute atomic E-state index is 12.4. The number of amides is 1. The van der Waals surface area contributed by atoms with Crippen LogP contribution in [-0.4, -0.2) is 28.1 Å². The van der Waals surface area contributed by atoms with Crippen LogP contribution in [0, 0.1) is 0 Å². The summed E-state index contributed by atoms with van der Waals surface area (Å²) in [7, 11) is 1.84. The van der Waals surface area contributed by atoms with Crippen molar-refractivity contribution in [3.05, 3.63) is 64.0 Å². The van der Waals surface area contributed by atoms with E-state index in [4.69, 9.17) is 0 Å². The smallest absolute Gasteiger partial charge is 0.272 e. The predicted octanol–water partition coefficient (Wildman–Crippen LogP) is 3.31. The summed E-state index contributed by atoms with van der Waals surface area (Å²) in [4.78, 5) is 15.3. The number of carbonyl (C=O) groups is 1. The third kappa shape index (κ3) is 1.74. The number of nitrogens with zero attached hydrogens (tertiary/aromatic N) is 2. The van der Waals surface area contributed by atoms with Crippen LogP contribution < -0.4 is 0 Å². The lowest BCUT2D eigenvalue weighted by atomic mass is 10.0. The second-order valence-electron chi connectivity index (χ2n) is 5.06. The predicted molar refractivity (Wildman–Crippen MR) is 82.3 cm³/mol. The van der Waals surface area contributed by atoms with E-state index < -0.39 is 0 Å².